The zero-order chi connectivity index (χ0) is 13.4. The Balaban J connectivity index is 1.84. The third-order valence-corrected chi connectivity index (χ3v) is 3.98. The number of methoxy groups -OCH3 is 1. The summed E-state index contributed by atoms with van der Waals surface area (Å²) >= 11 is 5.98. The third-order valence-electron chi connectivity index (χ3n) is 3.79. The van der Waals surface area contributed by atoms with Gasteiger partial charge >= 0.3 is 0 Å². The van der Waals surface area contributed by atoms with Gasteiger partial charge in [-0.05, 0) is 24.5 Å². The Hall–Kier alpha value is -0.880. The first kappa shape index (κ1) is 13.1. The molecular weight excluding hydrogens is 268 g/mol. The Morgan fingerprint density at radius 1 is 1.53 bits per heavy atom. The Morgan fingerprint density at radius 3 is 3.05 bits per heavy atom. The number of nitrogens with zero attached hydrogens (tertiary/aromatic N) is 1. The van der Waals surface area contributed by atoms with Gasteiger partial charge in [0.05, 0.1) is 32.5 Å². The molecule has 0 aromatic carbocycles. The van der Waals surface area contributed by atoms with Crippen molar-refractivity contribution in [3.8, 4) is 5.88 Å². The molecule has 2 heterocycles. The molecule has 2 aliphatic rings. The number of aromatic nitrogens is 1. The standard InChI is InChI=1S/C13H17ClN2O3/c1-18-13-12-7(4-11(14)16-13)2-3-8(12)15-9-5-19-6-10(9)17/h4,8-10,15,17H,2-3,5-6H2,1H3/t8-,9?,10+/m1/s1. The lowest BCUT2D eigenvalue weighted by Crippen LogP contribution is -2.40. The molecule has 0 amide bonds. The molecule has 1 aliphatic heterocycles. The van der Waals surface area contributed by atoms with Crippen molar-refractivity contribution in [1.29, 1.82) is 0 Å². The van der Waals surface area contributed by atoms with E-state index >= 15 is 0 Å². The van der Waals surface area contributed by atoms with Crippen LogP contribution in [0.1, 0.15) is 23.6 Å². The molecular formula is C13H17ClN2O3. The molecule has 5 nitrogen and oxygen atoms in total. The highest BCUT2D eigenvalue weighted by Crippen LogP contribution is 2.38. The first-order chi connectivity index (χ1) is 9.19. The van der Waals surface area contributed by atoms with E-state index in [4.69, 9.17) is 21.1 Å². The van der Waals surface area contributed by atoms with E-state index < -0.39 is 6.10 Å². The summed E-state index contributed by atoms with van der Waals surface area (Å²) in [5.41, 5.74) is 2.23. The smallest absolute Gasteiger partial charge is 0.219 e. The summed E-state index contributed by atoms with van der Waals surface area (Å²) in [6.45, 7) is 0.934. The van der Waals surface area contributed by atoms with Gasteiger partial charge in [0.2, 0.25) is 5.88 Å². The van der Waals surface area contributed by atoms with Crippen molar-refractivity contribution >= 4 is 11.6 Å². The molecule has 0 radical (unpaired) electrons. The summed E-state index contributed by atoms with van der Waals surface area (Å²) in [5.74, 6) is 0.575. The van der Waals surface area contributed by atoms with E-state index in [0.29, 0.717) is 24.2 Å². The number of hydrogen-bond donors (Lipinski definition) is 2. The molecule has 0 saturated carbocycles. The van der Waals surface area contributed by atoms with Gasteiger partial charge in [0.15, 0.2) is 0 Å². The van der Waals surface area contributed by atoms with Crippen molar-refractivity contribution in [3.63, 3.8) is 0 Å². The van der Waals surface area contributed by atoms with Crippen LogP contribution in [-0.4, -0.2) is 42.6 Å². The van der Waals surface area contributed by atoms with Gasteiger partial charge in [-0.1, -0.05) is 11.6 Å². The maximum atomic E-state index is 9.81. The van der Waals surface area contributed by atoms with Crippen LogP contribution in [0.5, 0.6) is 5.88 Å². The van der Waals surface area contributed by atoms with Crippen molar-refractivity contribution in [2.75, 3.05) is 20.3 Å². The fourth-order valence-electron chi connectivity index (χ4n) is 2.86. The average molecular weight is 285 g/mol. The molecule has 19 heavy (non-hydrogen) atoms. The van der Waals surface area contributed by atoms with E-state index in [2.05, 4.69) is 10.3 Å². The van der Waals surface area contributed by atoms with E-state index in [9.17, 15) is 5.11 Å². The second kappa shape index (κ2) is 5.25. The van der Waals surface area contributed by atoms with Gasteiger partial charge in [0.25, 0.3) is 0 Å². The maximum Gasteiger partial charge on any atom is 0.219 e. The van der Waals surface area contributed by atoms with Crippen LogP contribution in [0, 0.1) is 0 Å². The molecule has 0 bridgehead atoms. The van der Waals surface area contributed by atoms with Crippen LogP contribution in [0.4, 0.5) is 0 Å². The summed E-state index contributed by atoms with van der Waals surface area (Å²) in [4.78, 5) is 4.22. The monoisotopic (exact) mass is 284 g/mol. The van der Waals surface area contributed by atoms with Crippen LogP contribution in [0.2, 0.25) is 5.15 Å². The number of halogens is 1. The van der Waals surface area contributed by atoms with Crippen LogP contribution >= 0.6 is 11.6 Å². The molecule has 1 unspecified atom stereocenters. The minimum absolute atomic E-state index is 0.0312. The molecule has 0 spiro atoms. The van der Waals surface area contributed by atoms with Crippen LogP contribution in [0.25, 0.3) is 0 Å². The summed E-state index contributed by atoms with van der Waals surface area (Å²) < 4.78 is 10.6. The third kappa shape index (κ3) is 2.43. The molecule has 6 heteroatoms. The van der Waals surface area contributed by atoms with Gasteiger partial charge in [-0.15, -0.1) is 0 Å². The summed E-state index contributed by atoms with van der Waals surface area (Å²) in [6, 6.07) is 2.00. The van der Waals surface area contributed by atoms with Gasteiger partial charge in [0.1, 0.15) is 5.15 Å². The van der Waals surface area contributed by atoms with Gasteiger partial charge in [-0.3, -0.25) is 0 Å². The predicted molar refractivity (Wildman–Crippen MR) is 70.6 cm³/mol. The van der Waals surface area contributed by atoms with Gasteiger partial charge in [-0.25, -0.2) is 4.98 Å². The Morgan fingerprint density at radius 2 is 2.37 bits per heavy atom. The zero-order valence-electron chi connectivity index (χ0n) is 10.7. The summed E-state index contributed by atoms with van der Waals surface area (Å²) in [7, 11) is 1.60. The second-order valence-corrected chi connectivity index (χ2v) is 5.38. The maximum absolute atomic E-state index is 9.81. The Kier molecular flexibility index (Phi) is 3.62. The molecule has 1 aromatic rings. The molecule has 1 aromatic heterocycles. The van der Waals surface area contributed by atoms with Crippen molar-refractivity contribution in [3.05, 3.63) is 22.3 Å². The largest absolute Gasteiger partial charge is 0.481 e. The normalized spacial score (nSPS) is 29.5. The lowest BCUT2D eigenvalue weighted by atomic mass is 10.1. The number of aryl methyl sites for hydroxylation is 1. The minimum Gasteiger partial charge on any atom is -0.481 e. The number of nitrogens with one attached hydrogen (secondary N) is 1. The number of hydrogen-bond acceptors (Lipinski definition) is 5. The average Bonchev–Trinajstić information content (AvgIpc) is 2.97. The lowest BCUT2D eigenvalue weighted by molar-refractivity contribution is 0.121. The van der Waals surface area contributed by atoms with Crippen molar-refractivity contribution in [1.82, 2.24) is 10.3 Å². The van der Waals surface area contributed by atoms with Crippen molar-refractivity contribution in [2.45, 2.75) is 31.0 Å². The Labute approximate surface area is 116 Å². The fourth-order valence-corrected chi connectivity index (χ4v) is 3.06. The van der Waals surface area contributed by atoms with Gasteiger partial charge in [0, 0.05) is 11.6 Å². The molecule has 1 fully saturated rings. The highest BCUT2D eigenvalue weighted by Gasteiger charge is 2.33. The quantitative estimate of drug-likeness (QED) is 0.813. The van der Waals surface area contributed by atoms with Crippen LogP contribution < -0.4 is 10.1 Å². The number of aliphatic hydroxyl groups excluding tert-OH is 1. The minimum atomic E-state index is -0.449. The number of aliphatic hydroxyl groups is 1. The highest BCUT2D eigenvalue weighted by molar-refractivity contribution is 6.29. The topological polar surface area (TPSA) is 63.6 Å². The summed E-state index contributed by atoms with van der Waals surface area (Å²) in [6.07, 6.45) is 1.45. The van der Waals surface area contributed by atoms with E-state index in [1.807, 2.05) is 6.07 Å². The van der Waals surface area contributed by atoms with Crippen LogP contribution in [0.3, 0.4) is 0 Å². The Bertz CT molecular complexity index is 483. The first-order valence-corrected chi connectivity index (χ1v) is 6.82. The lowest BCUT2D eigenvalue weighted by Gasteiger charge is -2.22. The van der Waals surface area contributed by atoms with E-state index in [1.165, 1.54) is 5.56 Å². The number of ether oxygens (including phenoxy) is 2. The fraction of sp³-hybridized carbons (Fsp3) is 0.615. The van der Waals surface area contributed by atoms with Crippen molar-refractivity contribution in [2.24, 2.45) is 0 Å². The number of pyridine rings is 1. The molecule has 3 atom stereocenters. The van der Waals surface area contributed by atoms with Crippen LogP contribution in [-0.2, 0) is 11.2 Å². The summed E-state index contributed by atoms with van der Waals surface area (Å²) in [5, 5.41) is 13.7. The van der Waals surface area contributed by atoms with Gasteiger partial charge < -0.3 is 19.9 Å². The predicted octanol–water partition coefficient (Wildman–Crippen LogP) is 1.08. The zero-order valence-corrected chi connectivity index (χ0v) is 11.5. The SMILES string of the molecule is COc1nc(Cl)cc2c1[C@H](NC1COC[C@@H]1O)CC2. The number of rotatable bonds is 3. The van der Waals surface area contributed by atoms with E-state index in [1.54, 1.807) is 7.11 Å². The van der Waals surface area contributed by atoms with Gasteiger partial charge in [-0.2, -0.15) is 0 Å². The molecule has 1 aliphatic carbocycles. The van der Waals surface area contributed by atoms with Crippen molar-refractivity contribution < 1.29 is 14.6 Å². The molecule has 2 N–H and O–H groups in total. The highest BCUT2D eigenvalue weighted by atomic mass is 35.5. The van der Waals surface area contributed by atoms with Crippen LogP contribution in [0.15, 0.2) is 6.07 Å². The second-order valence-electron chi connectivity index (χ2n) is 5.00. The van der Waals surface area contributed by atoms with E-state index in [0.717, 1.165) is 18.4 Å². The molecule has 1 saturated heterocycles. The molecule has 104 valence electrons. The van der Waals surface area contributed by atoms with E-state index in [-0.39, 0.29) is 12.1 Å². The number of fused-ring (bicyclic) bond motifs is 1. The molecule has 3 rings (SSSR count). The first-order valence-electron chi connectivity index (χ1n) is 6.44.